The molecule has 122 valence electrons. The maximum atomic E-state index is 13.1. The molecule has 1 aromatic carbocycles. The predicted molar refractivity (Wildman–Crippen MR) is 84.7 cm³/mol. The summed E-state index contributed by atoms with van der Waals surface area (Å²) in [5.74, 6) is -0.456. The monoisotopic (exact) mass is 316 g/mol. The van der Waals surface area contributed by atoms with E-state index in [2.05, 4.69) is 15.6 Å². The first-order valence-corrected chi connectivity index (χ1v) is 7.96. The summed E-state index contributed by atoms with van der Waals surface area (Å²) >= 11 is 0. The fourth-order valence-electron chi connectivity index (χ4n) is 2.95. The number of benzene rings is 1. The molecule has 0 saturated heterocycles. The Hall–Kier alpha value is -2.24. The smallest absolute Gasteiger partial charge is 0.273 e. The normalized spacial score (nSPS) is 16.2. The third kappa shape index (κ3) is 3.11. The molecule has 3 rings (SSSR count). The summed E-state index contributed by atoms with van der Waals surface area (Å²) in [5.41, 5.74) is 1.32. The van der Waals surface area contributed by atoms with Crippen LogP contribution < -0.4 is 5.32 Å². The van der Waals surface area contributed by atoms with E-state index < -0.39 is 0 Å². The third-order valence-electron chi connectivity index (χ3n) is 4.63. The average molecular weight is 316 g/mol. The van der Waals surface area contributed by atoms with Crippen LogP contribution >= 0.6 is 0 Å². The lowest BCUT2D eigenvalue weighted by atomic mass is 9.64. The zero-order valence-electron chi connectivity index (χ0n) is 13.4. The first-order valence-electron chi connectivity index (χ1n) is 7.96. The van der Waals surface area contributed by atoms with Crippen LogP contribution in [0.2, 0.25) is 0 Å². The van der Waals surface area contributed by atoms with Crippen molar-refractivity contribution < 1.29 is 9.18 Å². The van der Waals surface area contributed by atoms with Crippen LogP contribution in [0.25, 0.3) is 0 Å². The molecule has 1 amide bonds. The molecule has 0 radical (unpaired) electrons. The van der Waals surface area contributed by atoms with E-state index in [4.69, 9.17) is 0 Å². The highest BCUT2D eigenvalue weighted by Crippen LogP contribution is 2.43. The lowest BCUT2D eigenvalue weighted by Crippen LogP contribution is -2.45. The fraction of sp³-hybridized carbons (Fsp3) is 0.471. The van der Waals surface area contributed by atoms with Gasteiger partial charge < -0.3 is 5.32 Å². The second kappa shape index (κ2) is 6.10. The molecule has 0 spiro atoms. The van der Waals surface area contributed by atoms with Crippen molar-refractivity contribution in [2.24, 2.45) is 0 Å². The summed E-state index contributed by atoms with van der Waals surface area (Å²) in [5, 5.41) is 10.8. The van der Waals surface area contributed by atoms with Crippen molar-refractivity contribution in [3.05, 3.63) is 47.5 Å². The van der Waals surface area contributed by atoms with Crippen LogP contribution in [0.1, 0.15) is 55.2 Å². The van der Waals surface area contributed by atoms with Gasteiger partial charge in [0, 0.05) is 18.0 Å². The van der Waals surface area contributed by atoms with Gasteiger partial charge in [0.15, 0.2) is 5.69 Å². The van der Waals surface area contributed by atoms with Gasteiger partial charge in [0.25, 0.3) is 5.91 Å². The zero-order chi connectivity index (χ0) is 16.4. The van der Waals surface area contributed by atoms with E-state index in [1.807, 2.05) is 26.0 Å². The number of carbonyl (C=O) groups is 1. The van der Waals surface area contributed by atoms with Gasteiger partial charge in [-0.25, -0.2) is 9.07 Å². The Bertz CT molecular complexity index is 689. The molecule has 1 saturated carbocycles. The topological polar surface area (TPSA) is 59.8 Å². The van der Waals surface area contributed by atoms with E-state index in [1.165, 1.54) is 12.1 Å². The minimum atomic E-state index is -0.238. The van der Waals surface area contributed by atoms with Crippen molar-refractivity contribution in [3.63, 3.8) is 0 Å². The van der Waals surface area contributed by atoms with Crippen molar-refractivity contribution in [1.29, 1.82) is 0 Å². The van der Waals surface area contributed by atoms with Crippen LogP contribution in [0.4, 0.5) is 4.39 Å². The van der Waals surface area contributed by atoms with Gasteiger partial charge in [-0.2, -0.15) is 0 Å². The number of nitrogens with one attached hydrogen (secondary N) is 1. The SMILES string of the molecule is CC(C)n1cc(C(=O)NCC2(c3ccc(F)cc3)CCC2)nn1. The van der Waals surface area contributed by atoms with Gasteiger partial charge in [-0.15, -0.1) is 5.10 Å². The number of halogens is 1. The molecule has 0 unspecified atom stereocenters. The zero-order valence-corrected chi connectivity index (χ0v) is 13.4. The minimum Gasteiger partial charge on any atom is -0.350 e. The first kappa shape index (κ1) is 15.6. The number of rotatable bonds is 5. The summed E-state index contributed by atoms with van der Waals surface area (Å²) in [6.07, 6.45) is 4.78. The summed E-state index contributed by atoms with van der Waals surface area (Å²) in [4.78, 5) is 12.3. The molecule has 6 heteroatoms. The van der Waals surface area contributed by atoms with Crippen molar-refractivity contribution in [2.45, 2.75) is 44.6 Å². The van der Waals surface area contributed by atoms with Gasteiger partial charge in [-0.3, -0.25) is 4.79 Å². The van der Waals surface area contributed by atoms with Crippen LogP contribution in [-0.2, 0) is 5.41 Å². The molecule has 1 aromatic heterocycles. The van der Waals surface area contributed by atoms with Crippen LogP contribution in [0.5, 0.6) is 0 Å². The lowest BCUT2D eigenvalue weighted by molar-refractivity contribution is 0.0922. The Morgan fingerprint density at radius 1 is 1.35 bits per heavy atom. The van der Waals surface area contributed by atoms with E-state index in [1.54, 1.807) is 10.9 Å². The summed E-state index contributed by atoms with van der Waals surface area (Å²) in [7, 11) is 0. The number of hydrogen-bond acceptors (Lipinski definition) is 3. The molecule has 1 aliphatic carbocycles. The van der Waals surface area contributed by atoms with Crippen molar-refractivity contribution in [1.82, 2.24) is 20.3 Å². The van der Waals surface area contributed by atoms with Gasteiger partial charge in [-0.05, 0) is 44.4 Å². The number of carbonyl (C=O) groups excluding carboxylic acids is 1. The van der Waals surface area contributed by atoms with E-state index in [-0.39, 0.29) is 23.2 Å². The fourth-order valence-corrected chi connectivity index (χ4v) is 2.95. The Labute approximate surface area is 134 Å². The minimum absolute atomic E-state index is 0.0859. The van der Waals surface area contributed by atoms with Crippen molar-refractivity contribution in [3.8, 4) is 0 Å². The molecule has 0 aliphatic heterocycles. The summed E-state index contributed by atoms with van der Waals surface area (Å²) in [6.45, 7) is 4.49. The molecule has 5 nitrogen and oxygen atoms in total. The van der Waals surface area contributed by atoms with E-state index >= 15 is 0 Å². The molecule has 0 atom stereocenters. The molecule has 1 heterocycles. The Morgan fingerprint density at radius 2 is 2.04 bits per heavy atom. The van der Waals surface area contributed by atoms with Gasteiger partial charge in [0.2, 0.25) is 0 Å². The van der Waals surface area contributed by atoms with E-state index in [0.29, 0.717) is 12.2 Å². The summed E-state index contributed by atoms with van der Waals surface area (Å²) in [6, 6.07) is 6.75. The van der Waals surface area contributed by atoms with E-state index in [9.17, 15) is 9.18 Å². The van der Waals surface area contributed by atoms with Gasteiger partial charge in [0.05, 0.1) is 6.20 Å². The van der Waals surface area contributed by atoms with Crippen molar-refractivity contribution in [2.75, 3.05) is 6.54 Å². The molecule has 23 heavy (non-hydrogen) atoms. The average Bonchev–Trinajstić information content (AvgIpc) is 2.98. The van der Waals surface area contributed by atoms with Gasteiger partial charge >= 0.3 is 0 Å². The number of hydrogen-bond donors (Lipinski definition) is 1. The number of aromatic nitrogens is 3. The second-order valence-corrected chi connectivity index (χ2v) is 6.50. The van der Waals surface area contributed by atoms with Crippen LogP contribution in [-0.4, -0.2) is 27.4 Å². The molecule has 1 N–H and O–H groups in total. The van der Waals surface area contributed by atoms with Gasteiger partial charge in [-0.1, -0.05) is 23.8 Å². The highest BCUT2D eigenvalue weighted by Gasteiger charge is 2.39. The quantitative estimate of drug-likeness (QED) is 0.922. The largest absolute Gasteiger partial charge is 0.350 e. The Balaban J connectivity index is 1.68. The Morgan fingerprint density at radius 3 is 2.57 bits per heavy atom. The lowest BCUT2D eigenvalue weighted by Gasteiger charge is -2.42. The van der Waals surface area contributed by atoms with E-state index in [0.717, 1.165) is 24.8 Å². The van der Waals surface area contributed by atoms with Crippen LogP contribution in [0, 0.1) is 5.82 Å². The second-order valence-electron chi connectivity index (χ2n) is 6.50. The maximum absolute atomic E-state index is 13.1. The summed E-state index contributed by atoms with van der Waals surface area (Å²) < 4.78 is 14.8. The highest BCUT2D eigenvalue weighted by molar-refractivity contribution is 5.91. The Kier molecular flexibility index (Phi) is 4.15. The standard InChI is InChI=1S/C17H21FN4O/c1-12(2)22-10-15(20-21-22)16(23)19-11-17(8-3-9-17)13-4-6-14(18)7-5-13/h4-7,10,12H,3,8-9,11H2,1-2H3,(H,19,23). The van der Waals surface area contributed by atoms with Gasteiger partial charge in [0.1, 0.15) is 5.82 Å². The predicted octanol–water partition coefficient (Wildman–Crippen LogP) is 2.85. The molecule has 2 aromatic rings. The molecule has 1 fully saturated rings. The molecule has 0 bridgehead atoms. The molecular formula is C17H21FN4O. The van der Waals surface area contributed by atoms with Crippen LogP contribution in [0.15, 0.2) is 30.5 Å². The molecular weight excluding hydrogens is 295 g/mol. The number of nitrogens with zero attached hydrogens (tertiary/aromatic N) is 3. The first-order chi connectivity index (χ1) is 11.0. The molecule has 1 aliphatic rings. The highest BCUT2D eigenvalue weighted by atomic mass is 19.1. The number of amides is 1. The maximum Gasteiger partial charge on any atom is 0.273 e. The van der Waals surface area contributed by atoms with Crippen LogP contribution in [0.3, 0.4) is 0 Å². The third-order valence-corrected chi connectivity index (χ3v) is 4.63. The van der Waals surface area contributed by atoms with Crippen molar-refractivity contribution >= 4 is 5.91 Å².